The Hall–Kier alpha value is -0.590. The first-order chi connectivity index (χ1) is 9.36. The summed E-state index contributed by atoms with van der Waals surface area (Å²) in [6, 6.07) is 2.90. The minimum absolute atomic E-state index is 0.0666. The predicted molar refractivity (Wildman–Crippen MR) is 81.5 cm³/mol. The molecule has 0 unspecified atom stereocenters. The van der Waals surface area contributed by atoms with Gasteiger partial charge in [-0.2, -0.15) is 4.31 Å². The molecule has 1 aromatic rings. The molecule has 7 heteroatoms. The van der Waals surface area contributed by atoms with Crippen LogP contribution in [0.4, 0.5) is 0 Å². The minimum atomic E-state index is -3.62. The Labute approximate surface area is 129 Å². The largest absolute Gasteiger partial charge is 0.326 e. The summed E-state index contributed by atoms with van der Waals surface area (Å²) >= 11 is 12.0. The number of rotatable bonds is 3. The zero-order valence-electron chi connectivity index (χ0n) is 11.1. The van der Waals surface area contributed by atoms with Crippen LogP contribution in [0.3, 0.4) is 0 Å². The molecule has 0 aromatic heterocycles. The summed E-state index contributed by atoms with van der Waals surface area (Å²) in [6.45, 7) is 2.98. The molecule has 4 nitrogen and oxygen atoms in total. The van der Waals surface area contributed by atoms with E-state index in [1.807, 2.05) is 13.0 Å². The molecule has 1 aromatic carbocycles. The topological polar surface area (TPSA) is 63.4 Å². The first-order valence-electron chi connectivity index (χ1n) is 6.20. The van der Waals surface area contributed by atoms with E-state index in [1.54, 1.807) is 0 Å². The molecule has 20 heavy (non-hydrogen) atoms. The Morgan fingerprint density at radius 3 is 2.55 bits per heavy atom. The van der Waals surface area contributed by atoms with Crippen molar-refractivity contribution in [2.45, 2.75) is 24.8 Å². The maximum atomic E-state index is 12.6. The van der Waals surface area contributed by atoms with E-state index in [0.29, 0.717) is 23.7 Å². The van der Waals surface area contributed by atoms with E-state index in [1.165, 1.54) is 22.0 Å². The first kappa shape index (κ1) is 15.8. The molecule has 0 amide bonds. The lowest BCUT2D eigenvalue weighted by molar-refractivity contribution is 0.431. The van der Waals surface area contributed by atoms with Crippen molar-refractivity contribution in [2.24, 2.45) is 5.73 Å². The molecule has 1 aliphatic heterocycles. The quantitative estimate of drug-likeness (QED) is 0.864. The van der Waals surface area contributed by atoms with Crippen molar-refractivity contribution in [1.29, 1.82) is 0 Å². The molecule has 0 bridgehead atoms. The van der Waals surface area contributed by atoms with Crippen LogP contribution in [0.25, 0.3) is 0 Å². The fourth-order valence-corrected chi connectivity index (χ4v) is 4.26. The minimum Gasteiger partial charge on any atom is -0.326 e. The summed E-state index contributed by atoms with van der Waals surface area (Å²) in [7, 11) is -3.62. The van der Waals surface area contributed by atoms with Gasteiger partial charge in [0.25, 0.3) is 0 Å². The van der Waals surface area contributed by atoms with Crippen molar-refractivity contribution in [3.63, 3.8) is 0 Å². The highest BCUT2D eigenvalue weighted by Crippen LogP contribution is 2.31. The van der Waals surface area contributed by atoms with E-state index in [-0.39, 0.29) is 16.5 Å². The molecule has 0 aliphatic carbocycles. The second-order valence-corrected chi connectivity index (χ2v) is 7.46. The standard InChI is InChI=1S/C13H16Cl2N2O2S/c1-9-2-4-17(5-3-9)20(18,19)13-6-10(8-16)11(14)7-12(13)15/h2,6-7H,3-5,8,16H2,1H3. The van der Waals surface area contributed by atoms with Crippen LogP contribution < -0.4 is 5.73 Å². The smallest absolute Gasteiger partial charge is 0.244 e. The summed E-state index contributed by atoms with van der Waals surface area (Å²) in [5.74, 6) is 0. The van der Waals surface area contributed by atoms with Gasteiger partial charge >= 0.3 is 0 Å². The summed E-state index contributed by atoms with van der Waals surface area (Å²) < 4.78 is 26.7. The summed E-state index contributed by atoms with van der Waals surface area (Å²) in [5, 5.41) is 0.504. The fraction of sp³-hybridized carbons (Fsp3) is 0.385. The average Bonchev–Trinajstić information content (AvgIpc) is 2.39. The van der Waals surface area contributed by atoms with E-state index in [2.05, 4.69) is 0 Å². The van der Waals surface area contributed by atoms with E-state index in [9.17, 15) is 8.42 Å². The second kappa shape index (κ2) is 6.03. The molecule has 1 aliphatic rings. The highest BCUT2D eigenvalue weighted by molar-refractivity contribution is 7.89. The van der Waals surface area contributed by atoms with Gasteiger partial charge in [0.2, 0.25) is 10.0 Å². The lowest BCUT2D eigenvalue weighted by Gasteiger charge is -2.25. The van der Waals surface area contributed by atoms with Gasteiger partial charge in [-0.05, 0) is 31.0 Å². The molecule has 2 rings (SSSR count). The van der Waals surface area contributed by atoms with Gasteiger partial charge in [0.05, 0.1) is 5.02 Å². The molecule has 0 saturated heterocycles. The summed E-state index contributed by atoms with van der Waals surface area (Å²) in [4.78, 5) is 0.0666. The van der Waals surface area contributed by atoms with Crippen molar-refractivity contribution in [3.8, 4) is 0 Å². The van der Waals surface area contributed by atoms with Crippen LogP contribution in [-0.4, -0.2) is 25.8 Å². The van der Waals surface area contributed by atoms with Crippen LogP contribution in [0, 0.1) is 0 Å². The maximum Gasteiger partial charge on any atom is 0.244 e. The SMILES string of the molecule is CC1=CCN(S(=O)(=O)c2cc(CN)c(Cl)cc2Cl)CC1. The van der Waals surface area contributed by atoms with Gasteiger partial charge in [-0.1, -0.05) is 34.9 Å². The van der Waals surface area contributed by atoms with Crippen LogP contribution in [0.15, 0.2) is 28.7 Å². The third kappa shape index (κ3) is 3.02. The number of benzene rings is 1. The van der Waals surface area contributed by atoms with Gasteiger partial charge in [-0.25, -0.2) is 8.42 Å². The normalized spacial score (nSPS) is 17.1. The highest BCUT2D eigenvalue weighted by Gasteiger charge is 2.28. The van der Waals surface area contributed by atoms with Crippen LogP contribution in [0.1, 0.15) is 18.9 Å². The molecule has 0 atom stereocenters. The predicted octanol–water partition coefficient (Wildman–Crippen LogP) is 2.79. The van der Waals surface area contributed by atoms with Gasteiger partial charge in [0.1, 0.15) is 4.90 Å². The van der Waals surface area contributed by atoms with E-state index in [0.717, 1.165) is 6.42 Å². The first-order valence-corrected chi connectivity index (χ1v) is 8.39. The Bertz CT molecular complexity index is 657. The van der Waals surface area contributed by atoms with Gasteiger partial charge in [0, 0.05) is 24.7 Å². The van der Waals surface area contributed by atoms with Gasteiger partial charge in [0.15, 0.2) is 0 Å². The second-order valence-electron chi connectivity index (χ2n) is 4.74. The Morgan fingerprint density at radius 1 is 1.30 bits per heavy atom. The molecule has 0 radical (unpaired) electrons. The number of nitrogens with zero attached hydrogens (tertiary/aromatic N) is 1. The molecule has 110 valence electrons. The Balaban J connectivity index is 2.44. The van der Waals surface area contributed by atoms with Crippen LogP contribution >= 0.6 is 23.2 Å². The molecule has 0 spiro atoms. The number of sulfonamides is 1. The fourth-order valence-electron chi connectivity index (χ4n) is 2.03. The highest BCUT2D eigenvalue weighted by atomic mass is 35.5. The number of nitrogens with two attached hydrogens (primary N) is 1. The van der Waals surface area contributed by atoms with Crippen molar-refractivity contribution >= 4 is 33.2 Å². The third-order valence-corrected chi connectivity index (χ3v) is 6.02. The van der Waals surface area contributed by atoms with Crippen LogP contribution in [0.2, 0.25) is 10.0 Å². The van der Waals surface area contributed by atoms with Crippen molar-refractivity contribution in [1.82, 2.24) is 4.31 Å². The van der Waals surface area contributed by atoms with Crippen molar-refractivity contribution < 1.29 is 8.42 Å². The van der Waals surface area contributed by atoms with E-state index >= 15 is 0 Å². The third-order valence-electron chi connectivity index (χ3n) is 3.34. The molecule has 0 fully saturated rings. The molecule has 2 N–H and O–H groups in total. The van der Waals surface area contributed by atoms with Crippen LogP contribution in [-0.2, 0) is 16.6 Å². The Morgan fingerprint density at radius 2 is 2.00 bits per heavy atom. The van der Waals surface area contributed by atoms with Crippen molar-refractivity contribution in [3.05, 3.63) is 39.4 Å². The van der Waals surface area contributed by atoms with Gasteiger partial charge in [-0.3, -0.25) is 0 Å². The lowest BCUT2D eigenvalue weighted by Crippen LogP contribution is -2.34. The monoisotopic (exact) mass is 334 g/mol. The maximum absolute atomic E-state index is 12.6. The van der Waals surface area contributed by atoms with Gasteiger partial charge < -0.3 is 5.73 Å². The van der Waals surface area contributed by atoms with Crippen LogP contribution in [0.5, 0.6) is 0 Å². The van der Waals surface area contributed by atoms with Crippen molar-refractivity contribution in [2.75, 3.05) is 13.1 Å². The average molecular weight is 335 g/mol. The number of hydrogen-bond donors (Lipinski definition) is 1. The van der Waals surface area contributed by atoms with Gasteiger partial charge in [-0.15, -0.1) is 0 Å². The lowest BCUT2D eigenvalue weighted by atomic mass is 10.1. The van der Waals surface area contributed by atoms with E-state index in [4.69, 9.17) is 28.9 Å². The Kier molecular flexibility index (Phi) is 4.76. The van der Waals surface area contributed by atoms with E-state index < -0.39 is 10.0 Å². The molecule has 1 heterocycles. The zero-order chi connectivity index (χ0) is 14.9. The molecular formula is C13H16Cl2N2O2S. The summed E-state index contributed by atoms with van der Waals surface area (Å²) in [5.41, 5.74) is 7.33. The zero-order valence-corrected chi connectivity index (χ0v) is 13.4. The summed E-state index contributed by atoms with van der Waals surface area (Å²) in [6.07, 6.45) is 2.64. The molecule has 0 saturated carbocycles. The number of halogens is 2. The number of hydrogen-bond acceptors (Lipinski definition) is 3. The molecular weight excluding hydrogens is 319 g/mol.